The summed E-state index contributed by atoms with van der Waals surface area (Å²) in [4.78, 5) is 11.0. The smallest absolute Gasteiger partial charge is 0.303 e. The van der Waals surface area contributed by atoms with Crippen molar-refractivity contribution in [3.63, 3.8) is 0 Å². The molecular formula is C13H24O5. The van der Waals surface area contributed by atoms with Crippen molar-refractivity contribution < 1.29 is 24.1 Å². The van der Waals surface area contributed by atoms with Crippen LogP contribution in [0.25, 0.3) is 0 Å². The summed E-state index contributed by atoms with van der Waals surface area (Å²) < 4.78 is 16.3. The molecule has 1 aliphatic heterocycles. The number of carbonyl (C=O) groups is 1. The van der Waals surface area contributed by atoms with Crippen molar-refractivity contribution in [2.75, 3.05) is 6.61 Å². The average Bonchev–Trinajstić information content (AvgIpc) is 2.23. The second kappa shape index (κ2) is 6.50. The summed E-state index contributed by atoms with van der Waals surface area (Å²) in [5.41, 5.74) is -1.12. The monoisotopic (exact) mass is 260 g/mol. The number of rotatable bonds is 5. The molecule has 106 valence electrons. The van der Waals surface area contributed by atoms with Crippen LogP contribution in [0, 0.1) is 0 Å². The van der Waals surface area contributed by atoms with E-state index in [1.165, 1.54) is 6.92 Å². The SMILES string of the molecule is CCCCO[C@@H]1C[C@@](C)(O)[C@@H](OC(C)=O)[C@H](C)O1. The Kier molecular flexibility index (Phi) is 5.56. The van der Waals surface area contributed by atoms with Crippen LogP contribution in [0.1, 0.15) is 47.0 Å². The summed E-state index contributed by atoms with van der Waals surface area (Å²) in [6, 6.07) is 0. The molecule has 0 aliphatic carbocycles. The molecule has 0 amide bonds. The van der Waals surface area contributed by atoms with Gasteiger partial charge in [-0.2, -0.15) is 0 Å². The van der Waals surface area contributed by atoms with E-state index < -0.39 is 24.0 Å². The van der Waals surface area contributed by atoms with Crippen molar-refractivity contribution in [3.05, 3.63) is 0 Å². The quantitative estimate of drug-likeness (QED) is 0.601. The van der Waals surface area contributed by atoms with Gasteiger partial charge in [-0.05, 0) is 20.3 Å². The summed E-state index contributed by atoms with van der Waals surface area (Å²) in [7, 11) is 0. The topological polar surface area (TPSA) is 65.0 Å². The first-order valence-corrected chi connectivity index (χ1v) is 6.53. The predicted molar refractivity (Wildman–Crippen MR) is 66.0 cm³/mol. The first-order chi connectivity index (χ1) is 8.36. The summed E-state index contributed by atoms with van der Waals surface area (Å²) in [6.45, 7) is 7.45. The maximum atomic E-state index is 11.0. The zero-order chi connectivity index (χ0) is 13.8. The lowest BCUT2D eigenvalue weighted by molar-refractivity contribution is -0.276. The lowest BCUT2D eigenvalue weighted by atomic mass is 9.88. The van der Waals surface area contributed by atoms with E-state index >= 15 is 0 Å². The Labute approximate surface area is 108 Å². The Bertz CT molecular complexity index is 277. The van der Waals surface area contributed by atoms with Crippen molar-refractivity contribution in [3.8, 4) is 0 Å². The predicted octanol–water partition coefficient (Wildman–Crippen LogP) is 1.62. The van der Waals surface area contributed by atoms with Gasteiger partial charge in [-0.1, -0.05) is 13.3 Å². The molecule has 1 N–H and O–H groups in total. The van der Waals surface area contributed by atoms with Crippen LogP contribution in [-0.2, 0) is 19.0 Å². The molecule has 1 rings (SSSR count). The van der Waals surface area contributed by atoms with Gasteiger partial charge in [0.2, 0.25) is 0 Å². The van der Waals surface area contributed by atoms with Gasteiger partial charge < -0.3 is 19.3 Å². The Morgan fingerprint density at radius 2 is 2.22 bits per heavy atom. The van der Waals surface area contributed by atoms with Gasteiger partial charge in [0.25, 0.3) is 0 Å². The highest BCUT2D eigenvalue weighted by Gasteiger charge is 2.46. The highest BCUT2D eigenvalue weighted by Crippen LogP contribution is 2.31. The van der Waals surface area contributed by atoms with Crippen LogP contribution in [0.15, 0.2) is 0 Å². The van der Waals surface area contributed by atoms with Crippen LogP contribution < -0.4 is 0 Å². The molecule has 4 atom stereocenters. The third kappa shape index (κ3) is 4.23. The Balaban J connectivity index is 2.56. The second-order valence-corrected chi connectivity index (χ2v) is 5.09. The van der Waals surface area contributed by atoms with Gasteiger partial charge in [0.1, 0.15) is 5.60 Å². The molecule has 1 heterocycles. The molecule has 0 aromatic carbocycles. The minimum absolute atomic E-state index is 0.305. The zero-order valence-electron chi connectivity index (χ0n) is 11.6. The standard InChI is InChI=1S/C13H24O5/c1-5-6-7-16-11-8-13(4,15)12(9(2)17-11)18-10(3)14/h9,11-12,15H,5-8H2,1-4H3/t9-,11-,12-,13+/m0/s1. The first kappa shape index (κ1) is 15.4. The van der Waals surface area contributed by atoms with Gasteiger partial charge >= 0.3 is 5.97 Å². The van der Waals surface area contributed by atoms with Gasteiger partial charge in [0.05, 0.1) is 6.10 Å². The highest BCUT2D eigenvalue weighted by atomic mass is 16.7. The summed E-state index contributed by atoms with van der Waals surface area (Å²) in [6.07, 6.45) is 0.843. The molecule has 1 fully saturated rings. The molecule has 0 saturated carbocycles. The molecule has 0 aromatic rings. The number of esters is 1. The molecule has 5 heteroatoms. The molecule has 0 aromatic heterocycles. The molecule has 5 nitrogen and oxygen atoms in total. The molecule has 18 heavy (non-hydrogen) atoms. The molecular weight excluding hydrogens is 236 g/mol. The van der Waals surface area contributed by atoms with Crippen molar-refractivity contribution in [1.29, 1.82) is 0 Å². The number of carbonyl (C=O) groups excluding carboxylic acids is 1. The van der Waals surface area contributed by atoms with Crippen LogP contribution in [0.2, 0.25) is 0 Å². The maximum absolute atomic E-state index is 11.0. The van der Waals surface area contributed by atoms with E-state index in [9.17, 15) is 9.90 Å². The summed E-state index contributed by atoms with van der Waals surface area (Å²) >= 11 is 0. The van der Waals surface area contributed by atoms with Crippen LogP contribution in [0.4, 0.5) is 0 Å². The van der Waals surface area contributed by atoms with Crippen LogP contribution in [0.3, 0.4) is 0 Å². The number of unbranched alkanes of at least 4 members (excludes halogenated alkanes) is 1. The third-order valence-corrected chi connectivity index (χ3v) is 3.08. The largest absolute Gasteiger partial charge is 0.457 e. The second-order valence-electron chi connectivity index (χ2n) is 5.09. The van der Waals surface area contributed by atoms with Gasteiger partial charge in [-0.25, -0.2) is 0 Å². The van der Waals surface area contributed by atoms with E-state index in [2.05, 4.69) is 6.92 Å². The van der Waals surface area contributed by atoms with Gasteiger partial charge in [0, 0.05) is 20.0 Å². The lowest BCUT2D eigenvalue weighted by Crippen LogP contribution is -2.56. The fourth-order valence-corrected chi connectivity index (χ4v) is 2.18. The lowest BCUT2D eigenvalue weighted by Gasteiger charge is -2.43. The van der Waals surface area contributed by atoms with Crippen LogP contribution >= 0.6 is 0 Å². The van der Waals surface area contributed by atoms with Crippen LogP contribution in [0.5, 0.6) is 0 Å². The molecule has 0 unspecified atom stereocenters. The van der Waals surface area contributed by atoms with E-state index in [0.29, 0.717) is 13.0 Å². The van der Waals surface area contributed by atoms with Gasteiger partial charge in [-0.15, -0.1) is 0 Å². The van der Waals surface area contributed by atoms with E-state index in [1.807, 2.05) is 0 Å². The Morgan fingerprint density at radius 3 is 2.72 bits per heavy atom. The van der Waals surface area contributed by atoms with E-state index in [1.54, 1.807) is 13.8 Å². The van der Waals surface area contributed by atoms with E-state index in [0.717, 1.165) is 12.8 Å². The number of aliphatic hydroxyl groups is 1. The average molecular weight is 260 g/mol. The highest BCUT2D eigenvalue weighted by molar-refractivity contribution is 5.66. The fourth-order valence-electron chi connectivity index (χ4n) is 2.18. The fraction of sp³-hybridized carbons (Fsp3) is 0.923. The maximum Gasteiger partial charge on any atom is 0.303 e. The van der Waals surface area contributed by atoms with E-state index in [4.69, 9.17) is 14.2 Å². The van der Waals surface area contributed by atoms with Crippen molar-refractivity contribution in [1.82, 2.24) is 0 Å². The first-order valence-electron chi connectivity index (χ1n) is 6.53. The molecule has 0 radical (unpaired) electrons. The number of hydrogen-bond acceptors (Lipinski definition) is 5. The minimum Gasteiger partial charge on any atom is -0.457 e. The van der Waals surface area contributed by atoms with Crippen molar-refractivity contribution in [2.24, 2.45) is 0 Å². The van der Waals surface area contributed by atoms with Crippen molar-refractivity contribution >= 4 is 5.97 Å². The number of hydrogen-bond donors (Lipinski definition) is 1. The molecule has 0 spiro atoms. The Morgan fingerprint density at radius 1 is 1.56 bits per heavy atom. The summed E-state index contributed by atoms with van der Waals surface area (Å²) in [5.74, 6) is -0.416. The molecule has 1 saturated heterocycles. The normalized spacial score (nSPS) is 36.4. The number of ether oxygens (including phenoxy) is 3. The van der Waals surface area contributed by atoms with Gasteiger partial charge in [-0.3, -0.25) is 4.79 Å². The molecule has 0 bridgehead atoms. The Hall–Kier alpha value is -0.650. The van der Waals surface area contributed by atoms with Gasteiger partial charge in [0.15, 0.2) is 12.4 Å². The minimum atomic E-state index is -1.12. The molecule has 1 aliphatic rings. The van der Waals surface area contributed by atoms with Crippen molar-refractivity contribution in [2.45, 2.75) is 71.1 Å². The van der Waals surface area contributed by atoms with E-state index in [-0.39, 0.29) is 6.10 Å². The van der Waals surface area contributed by atoms with Crippen LogP contribution in [-0.4, -0.2) is 41.8 Å². The third-order valence-electron chi connectivity index (χ3n) is 3.08. The summed E-state index contributed by atoms with van der Waals surface area (Å²) in [5, 5.41) is 10.3. The zero-order valence-corrected chi connectivity index (χ0v) is 11.6.